The number of carbonyl (C=O) groups is 1. The van der Waals surface area contributed by atoms with Gasteiger partial charge in [0.25, 0.3) is 0 Å². The third-order valence-electron chi connectivity index (χ3n) is 3.19. The van der Waals surface area contributed by atoms with Crippen molar-refractivity contribution in [3.63, 3.8) is 0 Å². The van der Waals surface area contributed by atoms with Crippen molar-refractivity contribution in [3.05, 3.63) is 29.8 Å². The molecule has 1 amide bonds. The molecule has 0 aliphatic carbocycles. The van der Waals surface area contributed by atoms with E-state index >= 15 is 0 Å². The molecule has 1 unspecified atom stereocenters. The van der Waals surface area contributed by atoms with Gasteiger partial charge >= 0.3 is 0 Å². The van der Waals surface area contributed by atoms with E-state index in [0.29, 0.717) is 5.88 Å². The monoisotopic (exact) mass is 267 g/mol. The molecule has 0 saturated carbocycles. The van der Waals surface area contributed by atoms with Crippen LogP contribution in [-0.2, 0) is 10.7 Å². The number of alkyl halides is 1. The molecule has 100 valence electrons. The molecule has 0 spiro atoms. The first-order valence-electron chi connectivity index (χ1n) is 6.67. The lowest BCUT2D eigenvalue weighted by atomic mass is 9.98. The molecular formula is C15H22ClNO. The molecule has 18 heavy (non-hydrogen) atoms. The molecule has 0 aliphatic heterocycles. The van der Waals surface area contributed by atoms with Crippen LogP contribution in [0.15, 0.2) is 24.3 Å². The number of nitrogens with one attached hydrogen (secondary N) is 1. The predicted molar refractivity (Wildman–Crippen MR) is 77.9 cm³/mol. The standard InChI is InChI=1S/C15H22ClNO/c1-3-5-8-12(4-2)15(18)17-14-10-7-6-9-13(14)11-16/h6-7,9-10,12H,3-5,8,11H2,1-2H3,(H,17,18). The minimum absolute atomic E-state index is 0.105. The number of hydrogen-bond acceptors (Lipinski definition) is 1. The zero-order valence-electron chi connectivity index (χ0n) is 11.2. The van der Waals surface area contributed by atoms with E-state index in [2.05, 4.69) is 19.2 Å². The van der Waals surface area contributed by atoms with Crippen molar-refractivity contribution < 1.29 is 4.79 Å². The van der Waals surface area contributed by atoms with Crippen LogP contribution in [0.25, 0.3) is 0 Å². The quantitative estimate of drug-likeness (QED) is 0.720. The summed E-state index contributed by atoms with van der Waals surface area (Å²) in [5.74, 6) is 0.638. The third-order valence-corrected chi connectivity index (χ3v) is 3.48. The van der Waals surface area contributed by atoms with E-state index in [9.17, 15) is 4.79 Å². The Balaban J connectivity index is 2.67. The number of halogens is 1. The van der Waals surface area contributed by atoms with Crippen LogP contribution >= 0.6 is 11.6 Å². The molecule has 1 N–H and O–H groups in total. The lowest BCUT2D eigenvalue weighted by Crippen LogP contribution is -2.22. The lowest BCUT2D eigenvalue weighted by molar-refractivity contribution is -0.120. The van der Waals surface area contributed by atoms with E-state index in [0.717, 1.165) is 36.9 Å². The predicted octanol–water partition coefficient (Wildman–Crippen LogP) is 4.58. The van der Waals surface area contributed by atoms with Crippen LogP contribution in [0.5, 0.6) is 0 Å². The highest BCUT2D eigenvalue weighted by Crippen LogP contribution is 2.20. The Hall–Kier alpha value is -1.02. The van der Waals surface area contributed by atoms with Crippen LogP contribution in [0.4, 0.5) is 5.69 Å². The molecule has 1 rings (SSSR count). The average molecular weight is 268 g/mol. The summed E-state index contributed by atoms with van der Waals surface area (Å²) in [6.45, 7) is 4.21. The molecule has 2 nitrogen and oxygen atoms in total. The highest BCUT2D eigenvalue weighted by atomic mass is 35.5. The fourth-order valence-corrected chi connectivity index (χ4v) is 2.20. The van der Waals surface area contributed by atoms with Crippen molar-refractivity contribution in [1.29, 1.82) is 0 Å². The highest BCUT2D eigenvalue weighted by molar-refractivity contribution is 6.17. The third kappa shape index (κ3) is 4.34. The van der Waals surface area contributed by atoms with Crippen molar-refractivity contribution in [2.24, 2.45) is 5.92 Å². The summed E-state index contributed by atoms with van der Waals surface area (Å²) in [4.78, 5) is 12.2. The number of para-hydroxylation sites is 1. The Morgan fingerprint density at radius 3 is 2.67 bits per heavy atom. The summed E-state index contributed by atoms with van der Waals surface area (Å²) in [6.07, 6.45) is 4.07. The summed E-state index contributed by atoms with van der Waals surface area (Å²) < 4.78 is 0. The molecule has 0 aliphatic rings. The Kier molecular flexibility index (Phi) is 6.81. The number of unbranched alkanes of at least 4 members (excludes halogenated alkanes) is 1. The van der Waals surface area contributed by atoms with Crippen molar-refractivity contribution in [2.75, 3.05) is 5.32 Å². The molecule has 1 aromatic rings. The van der Waals surface area contributed by atoms with Gasteiger partial charge in [-0.25, -0.2) is 0 Å². The topological polar surface area (TPSA) is 29.1 Å². The first kappa shape index (κ1) is 15.0. The molecule has 0 radical (unpaired) electrons. The molecule has 0 fully saturated rings. The average Bonchev–Trinajstić information content (AvgIpc) is 2.40. The largest absolute Gasteiger partial charge is 0.326 e. The van der Waals surface area contributed by atoms with Gasteiger partial charge < -0.3 is 5.32 Å². The lowest BCUT2D eigenvalue weighted by Gasteiger charge is -2.16. The van der Waals surface area contributed by atoms with Crippen molar-refractivity contribution in [2.45, 2.75) is 45.4 Å². The second-order valence-corrected chi connectivity index (χ2v) is 4.79. The summed E-state index contributed by atoms with van der Waals surface area (Å²) in [6, 6.07) is 7.69. The van der Waals surface area contributed by atoms with Gasteiger partial charge in [0.1, 0.15) is 0 Å². The summed E-state index contributed by atoms with van der Waals surface area (Å²) >= 11 is 5.86. The second kappa shape index (κ2) is 8.15. The first-order chi connectivity index (χ1) is 8.72. The van der Waals surface area contributed by atoms with E-state index in [1.807, 2.05) is 24.3 Å². The summed E-state index contributed by atoms with van der Waals surface area (Å²) in [5, 5.41) is 3.00. The van der Waals surface area contributed by atoms with Gasteiger partial charge in [0.05, 0.1) is 0 Å². The minimum atomic E-state index is 0.105. The van der Waals surface area contributed by atoms with Crippen LogP contribution in [-0.4, -0.2) is 5.91 Å². The van der Waals surface area contributed by atoms with Crippen molar-refractivity contribution >= 4 is 23.2 Å². The van der Waals surface area contributed by atoms with Crippen molar-refractivity contribution in [3.8, 4) is 0 Å². The van der Waals surface area contributed by atoms with E-state index < -0.39 is 0 Å². The van der Waals surface area contributed by atoms with Crippen LogP contribution in [0.1, 0.15) is 45.1 Å². The van der Waals surface area contributed by atoms with E-state index in [1.165, 1.54) is 0 Å². The number of amides is 1. The maximum atomic E-state index is 12.2. The molecule has 1 aromatic carbocycles. The smallest absolute Gasteiger partial charge is 0.227 e. The van der Waals surface area contributed by atoms with Gasteiger partial charge in [-0.05, 0) is 24.5 Å². The summed E-state index contributed by atoms with van der Waals surface area (Å²) in [5.41, 5.74) is 1.81. The Labute approximate surface area is 115 Å². The van der Waals surface area contributed by atoms with Gasteiger partial charge in [0.15, 0.2) is 0 Å². The highest BCUT2D eigenvalue weighted by Gasteiger charge is 2.16. The maximum absolute atomic E-state index is 12.2. The van der Waals surface area contributed by atoms with Crippen molar-refractivity contribution in [1.82, 2.24) is 0 Å². The second-order valence-electron chi connectivity index (χ2n) is 4.53. The zero-order chi connectivity index (χ0) is 13.4. The number of anilines is 1. The van der Waals surface area contributed by atoms with E-state index in [4.69, 9.17) is 11.6 Å². The Morgan fingerprint density at radius 2 is 2.06 bits per heavy atom. The Bertz CT molecular complexity index is 379. The molecule has 0 aromatic heterocycles. The Morgan fingerprint density at radius 1 is 1.33 bits per heavy atom. The summed E-state index contributed by atoms with van der Waals surface area (Å²) in [7, 11) is 0. The SMILES string of the molecule is CCCCC(CC)C(=O)Nc1ccccc1CCl. The van der Waals surface area contributed by atoms with Crippen LogP contribution in [0.3, 0.4) is 0 Å². The first-order valence-corrected chi connectivity index (χ1v) is 7.21. The van der Waals surface area contributed by atoms with Crippen LogP contribution < -0.4 is 5.32 Å². The minimum Gasteiger partial charge on any atom is -0.326 e. The van der Waals surface area contributed by atoms with Gasteiger partial charge in [0, 0.05) is 17.5 Å². The zero-order valence-corrected chi connectivity index (χ0v) is 12.0. The number of hydrogen-bond donors (Lipinski definition) is 1. The molecular weight excluding hydrogens is 246 g/mol. The van der Waals surface area contributed by atoms with Gasteiger partial charge in [-0.1, -0.05) is 44.9 Å². The fraction of sp³-hybridized carbons (Fsp3) is 0.533. The molecule has 0 bridgehead atoms. The molecule has 3 heteroatoms. The van der Waals surface area contributed by atoms with Gasteiger partial charge in [-0.2, -0.15) is 0 Å². The molecule has 0 heterocycles. The van der Waals surface area contributed by atoms with Gasteiger partial charge in [0.2, 0.25) is 5.91 Å². The number of carbonyl (C=O) groups excluding carboxylic acids is 1. The van der Waals surface area contributed by atoms with E-state index in [1.54, 1.807) is 0 Å². The van der Waals surface area contributed by atoms with Gasteiger partial charge in [-0.3, -0.25) is 4.79 Å². The fourth-order valence-electron chi connectivity index (χ4n) is 1.96. The molecule has 0 saturated heterocycles. The van der Waals surface area contributed by atoms with Crippen LogP contribution in [0, 0.1) is 5.92 Å². The van der Waals surface area contributed by atoms with Gasteiger partial charge in [-0.15, -0.1) is 11.6 Å². The normalized spacial score (nSPS) is 12.2. The van der Waals surface area contributed by atoms with Crippen LogP contribution in [0.2, 0.25) is 0 Å². The number of benzene rings is 1. The molecule has 1 atom stereocenters. The van der Waals surface area contributed by atoms with E-state index in [-0.39, 0.29) is 11.8 Å². The number of rotatable bonds is 7. The maximum Gasteiger partial charge on any atom is 0.227 e.